The first kappa shape index (κ1) is 17.1. The molecule has 0 spiro atoms. The summed E-state index contributed by atoms with van der Waals surface area (Å²) in [4.78, 5) is 24.2. The molecule has 24 heavy (non-hydrogen) atoms. The molecule has 1 N–H and O–H groups in total. The van der Waals surface area contributed by atoms with E-state index in [2.05, 4.69) is 9.97 Å². The Morgan fingerprint density at radius 2 is 2.12 bits per heavy atom. The van der Waals surface area contributed by atoms with Crippen molar-refractivity contribution in [1.29, 1.82) is 0 Å². The number of thiazole rings is 1. The monoisotopic (exact) mass is 348 g/mol. The first-order valence-corrected chi connectivity index (χ1v) is 9.13. The Bertz CT molecular complexity index is 716. The number of carbonyl (C=O) groups excluding carboxylic acids is 1. The molecule has 7 heteroatoms. The third kappa shape index (κ3) is 3.52. The lowest BCUT2D eigenvalue weighted by Crippen LogP contribution is -2.40. The minimum Gasteiger partial charge on any atom is -0.385 e. The summed E-state index contributed by atoms with van der Waals surface area (Å²) in [7, 11) is 1.89. The van der Waals surface area contributed by atoms with Crippen molar-refractivity contribution in [2.75, 3.05) is 13.1 Å². The molecule has 1 aliphatic rings. The molecule has 130 valence electrons. The number of aromatic nitrogens is 3. The molecule has 0 aliphatic carbocycles. The summed E-state index contributed by atoms with van der Waals surface area (Å²) < 4.78 is 1.86. The highest BCUT2D eigenvalue weighted by Crippen LogP contribution is 2.30. The molecule has 0 aromatic carbocycles. The van der Waals surface area contributed by atoms with E-state index in [1.54, 1.807) is 17.5 Å². The van der Waals surface area contributed by atoms with Crippen molar-refractivity contribution in [3.8, 4) is 0 Å². The van der Waals surface area contributed by atoms with Gasteiger partial charge in [0.2, 0.25) is 5.91 Å². The summed E-state index contributed by atoms with van der Waals surface area (Å²) in [5.41, 5.74) is 0.901. The molecule has 1 saturated heterocycles. The number of piperidine rings is 1. The third-order valence-corrected chi connectivity index (χ3v) is 5.71. The van der Waals surface area contributed by atoms with Crippen LogP contribution in [0.3, 0.4) is 0 Å². The van der Waals surface area contributed by atoms with Crippen LogP contribution in [-0.2, 0) is 18.3 Å². The number of imidazole rings is 1. The van der Waals surface area contributed by atoms with Crippen molar-refractivity contribution < 1.29 is 9.90 Å². The van der Waals surface area contributed by atoms with Gasteiger partial charge < -0.3 is 14.6 Å². The fourth-order valence-electron chi connectivity index (χ4n) is 3.33. The van der Waals surface area contributed by atoms with Crippen molar-refractivity contribution in [2.24, 2.45) is 13.0 Å². The van der Waals surface area contributed by atoms with Gasteiger partial charge in [-0.05, 0) is 32.6 Å². The van der Waals surface area contributed by atoms with E-state index in [9.17, 15) is 9.90 Å². The van der Waals surface area contributed by atoms with Gasteiger partial charge in [-0.3, -0.25) is 4.79 Å². The molecule has 0 bridgehead atoms. The number of likely N-dealkylation sites (tertiary alicyclic amines) is 1. The number of amides is 1. The molecule has 0 saturated carbocycles. The van der Waals surface area contributed by atoms with Gasteiger partial charge in [0.05, 0.1) is 17.1 Å². The predicted octanol–water partition coefficient (Wildman–Crippen LogP) is 2.01. The molecule has 1 aliphatic heterocycles. The maximum Gasteiger partial charge on any atom is 0.228 e. The largest absolute Gasteiger partial charge is 0.385 e. The maximum absolute atomic E-state index is 12.5. The molecule has 1 fully saturated rings. The maximum atomic E-state index is 12.5. The van der Waals surface area contributed by atoms with E-state index in [0.717, 1.165) is 28.4 Å². The summed E-state index contributed by atoms with van der Waals surface area (Å²) in [5, 5.41) is 11.5. The Kier molecular flexibility index (Phi) is 5.01. The van der Waals surface area contributed by atoms with Crippen LogP contribution < -0.4 is 0 Å². The van der Waals surface area contributed by atoms with E-state index in [1.165, 1.54) is 0 Å². The molecule has 3 heterocycles. The van der Waals surface area contributed by atoms with Crippen LogP contribution in [0, 0.1) is 19.8 Å². The van der Waals surface area contributed by atoms with Crippen molar-refractivity contribution in [2.45, 2.75) is 39.2 Å². The number of hydrogen-bond acceptors (Lipinski definition) is 5. The second-order valence-electron chi connectivity index (χ2n) is 6.47. The molecule has 2 aromatic heterocycles. The van der Waals surface area contributed by atoms with E-state index in [1.807, 2.05) is 36.6 Å². The summed E-state index contributed by atoms with van der Waals surface area (Å²) in [6.07, 6.45) is 4.96. The molecule has 0 unspecified atom stereocenters. The van der Waals surface area contributed by atoms with E-state index in [0.29, 0.717) is 25.3 Å². The summed E-state index contributed by atoms with van der Waals surface area (Å²) >= 11 is 1.64. The SMILES string of the molecule is Cc1nc(CC(=O)N2CCC([C@@H](O)c3nccn3C)CC2)c(C)s1. The van der Waals surface area contributed by atoms with E-state index >= 15 is 0 Å². The molecule has 3 rings (SSSR count). The van der Waals surface area contributed by atoms with Crippen molar-refractivity contribution in [3.63, 3.8) is 0 Å². The van der Waals surface area contributed by atoms with Gasteiger partial charge in [0.15, 0.2) is 0 Å². The van der Waals surface area contributed by atoms with Crippen LogP contribution in [0.5, 0.6) is 0 Å². The van der Waals surface area contributed by atoms with Crippen LogP contribution >= 0.6 is 11.3 Å². The van der Waals surface area contributed by atoms with Gasteiger partial charge in [-0.25, -0.2) is 9.97 Å². The lowest BCUT2D eigenvalue weighted by molar-refractivity contribution is -0.132. The molecule has 2 aromatic rings. The topological polar surface area (TPSA) is 71.2 Å². The molecular formula is C17H24N4O2S. The first-order chi connectivity index (χ1) is 11.5. The fraction of sp³-hybridized carbons (Fsp3) is 0.588. The normalized spacial score (nSPS) is 17.2. The predicted molar refractivity (Wildman–Crippen MR) is 92.8 cm³/mol. The Morgan fingerprint density at radius 1 is 1.42 bits per heavy atom. The molecule has 6 nitrogen and oxygen atoms in total. The zero-order valence-electron chi connectivity index (χ0n) is 14.4. The van der Waals surface area contributed by atoms with Gasteiger partial charge in [-0.15, -0.1) is 11.3 Å². The third-order valence-electron chi connectivity index (χ3n) is 4.78. The van der Waals surface area contributed by atoms with Crippen LogP contribution in [0.15, 0.2) is 12.4 Å². The van der Waals surface area contributed by atoms with Crippen molar-refractivity contribution in [3.05, 3.63) is 33.8 Å². The van der Waals surface area contributed by atoms with Gasteiger partial charge in [0.1, 0.15) is 11.9 Å². The second-order valence-corrected chi connectivity index (χ2v) is 7.88. The molecule has 0 radical (unpaired) electrons. The number of aliphatic hydroxyl groups is 1. The number of nitrogens with zero attached hydrogens (tertiary/aromatic N) is 4. The quantitative estimate of drug-likeness (QED) is 0.917. The molecular weight excluding hydrogens is 324 g/mol. The Morgan fingerprint density at radius 3 is 2.67 bits per heavy atom. The Hall–Kier alpha value is -1.73. The van der Waals surface area contributed by atoms with Gasteiger partial charge in [-0.1, -0.05) is 0 Å². The second kappa shape index (κ2) is 7.03. The van der Waals surface area contributed by atoms with Crippen molar-refractivity contribution >= 4 is 17.2 Å². The summed E-state index contributed by atoms with van der Waals surface area (Å²) in [5.74, 6) is 0.986. The highest BCUT2D eigenvalue weighted by atomic mass is 32.1. The van der Waals surface area contributed by atoms with Gasteiger partial charge in [0.25, 0.3) is 0 Å². The Balaban J connectivity index is 1.56. The number of aryl methyl sites for hydroxylation is 3. The molecule has 1 atom stereocenters. The van der Waals surface area contributed by atoms with E-state index < -0.39 is 6.10 Å². The number of rotatable bonds is 4. The Labute approximate surface area is 146 Å². The highest BCUT2D eigenvalue weighted by molar-refractivity contribution is 7.11. The number of carbonyl (C=O) groups is 1. The average Bonchev–Trinajstić information content (AvgIpc) is 3.12. The van der Waals surface area contributed by atoms with E-state index in [4.69, 9.17) is 0 Å². The standard InChI is InChI=1S/C17H24N4O2S/c1-11-14(19-12(2)24-11)10-15(22)21-7-4-13(5-8-21)16(23)17-18-6-9-20(17)3/h6,9,13,16,23H,4-5,7-8,10H2,1-3H3/t16-/m1/s1. The summed E-state index contributed by atoms with van der Waals surface area (Å²) in [6, 6.07) is 0. The van der Waals surface area contributed by atoms with Crippen molar-refractivity contribution in [1.82, 2.24) is 19.4 Å². The van der Waals surface area contributed by atoms with Gasteiger partial charge in [-0.2, -0.15) is 0 Å². The van der Waals surface area contributed by atoms with E-state index in [-0.39, 0.29) is 11.8 Å². The minimum absolute atomic E-state index is 0.133. The lowest BCUT2D eigenvalue weighted by atomic mass is 9.90. The van der Waals surface area contributed by atoms with Crippen LogP contribution in [0.1, 0.15) is 40.3 Å². The zero-order valence-corrected chi connectivity index (χ0v) is 15.2. The van der Waals surface area contributed by atoms with Crippen LogP contribution in [-0.4, -0.2) is 43.5 Å². The molecule has 1 amide bonds. The highest BCUT2D eigenvalue weighted by Gasteiger charge is 2.30. The average molecular weight is 348 g/mol. The summed E-state index contributed by atoms with van der Waals surface area (Å²) in [6.45, 7) is 5.36. The zero-order chi connectivity index (χ0) is 17.3. The minimum atomic E-state index is -0.564. The number of hydrogen-bond donors (Lipinski definition) is 1. The first-order valence-electron chi connectivity index (χ1n) is 8.31. The smallest absolute Gasteiger partial charge is 0.228 e. The van der Waals surface area contributed by atoms with Gasteiger partial charge >= 0.3 is 0 Å². The van der Waals surface area contributed by atoms with Gasteiger partial charge in [0, 0.05) is 37.4 Å². The van der Waals surface area contributed by atoms with Crippen LogP contribution in [0.2, 0.25) is 0 Å². The lowest BCUT2D eigenvalue weighted by Gasteiger charge is -2.34. The van der Waals surface area contributed by atoms with Crippen LogP contribution in [0.4, 0.5) is 0 Å². The fourth-order valence-corrected chi connectivity index (χ4v) is 4.16. The number of aliphatic hydroxyl groups excluding tert-OH is 1. The van der Waals surface area contributed by atoms with Crippen LogP contribution in [0.25, 0.3) is 0 Å².